The molecular weight excluding hydrogens is 1090 g/mol. The molecule has 0 spiro atoms. The third-order valence-electron chi connectivity index (χ3n) is 18.8. The van der Waals surface area contributed by atoms with Crippen LogP contribution in [0.3, 0.4) is 0 Å². The summed E-state index contributed by atoms with van der Waals surface area (Å²) in [4.78, 5) is 17.7. The number of amides is 1. The van der Waals surface area contributed by atoms with Gasteiger partial charge in [0.15, 0.2) is 27.1 Å². The van der Waals surface area contributed by atoms with Crippen molar-refractivity contribution < 1.29 is 47.4 Å². The summed E-state index contributed by atoms with van der Waals surface area (Å²) in [6, 6.07) is 45.2. The number of benzene rings is 6. The highest BCUT2D eigenvalue weighted by molar-refractivity contribution is 6.13. The van der Waals surface area contributed by atoms with Gasteiger partial charge >= 0.3 is 0 Å². The zero-order valence-electron chi connectivity index (χ0n) is 53.0. The van der Waals surface area contributed by atoms with Crippen LogP contribution in [0.15, 0.2) is 181 Å². The predicted octanol–water partition coefficient (Wildman–Crippen LogP) is 16.6. The smallest absolute Gasteiger partial charge is 0.249 e. The minimum Gasteiger partial charge on any atom is -0.473 e. The Morgan fingerprint density at radius 2 is 1.18 bits per heavy atom. The Balaban J connectivity index is 0.783. The van der Waals surface area contributed by atoms with Crippen LogP contribution >= 0.6 is 0 Å². The molecule has 5 unspecified atom stereocenters. The van der Waals surface area contributed by atoms with E-state index < -0.39 is 5.41 Å². The molecule has 1 heterocycles. The number of carbonyl (C=O) groups excluding carboxylic acids is 1. The number of carbonyl (C=O) groups is 1. The zero-order valence-corrected chi connectivity index (χ0v) is 53.0. The monoisotopic (exact) mass is 1170 g/mol. The minimum absolute atomic E-state index is 0.00835. The summed E-state index contributed by atoms with van der Waals surface area (Å²) in [5.41, 5.74) is 10.1. The van der Waals surface area contributed by atoms with E-state index in [9.17, 15) is 0 Å². The van der Waals surface area contributed by atoms with Crippen molar-refractivity contribution in [2.45, 2.75) is 124 Å². The lowest BCUT2D eigenvalue weighted by Crippen LogP contribution is -2.43. The standard InChI is InChI=1S/C76H87NO10/c1-50-42-73(7,8)44-75(43-50,65-35-38-70(86-47-80-12)64-41-63(64)65)56-23-33-59(34-24-56)81-45-77-67-16-14-13-15-66(67)76(71(77)78,57-25-36-68(51(2)39-57)85-46-79-11)58-26-37-69(52(3)40-58)87-49-84-62-31-21-55(22-32-62)74(9,10)54-19-29-61(30-20-54)83-48-82-60-27-17-53(18-28-60)72(4,5)6/h13-27,29-40,50,60,63-64H,28,41-49H2,1-12H3/t50?,60?,63-,64?,75?,76?/m0/s1. The van der Waals surface area contributed by atoms with Crippen LogP contribution in [0.4, 0.5) is 5.69 Å². The fourth-order valence-corrected chi connectivity index (χ4v) is 14.5. The molecule has 456 valence electrons. The van der Waals surface area contributed by atoms with E-state index in [-0.39, 0.29) is 67.6 Å². The number of allylic oxidation sites excluding steroid dienone is 6. The molecule has 0 N–H and O–H groups in total. The fraction of sp³-hybridized carbons (Fsp3) is 0.408. The highest BCUT2D eigenvalue weighted by atomic mass is 16.7. The Morgan fingerprint density at radius 3 is 1.77 bits per heavy atom. The molecule has 6 atom stereocenters. The van der Waals surface area contributed by atoms with Crippen LogP contribution in [0.2, 0.25) is 0 Å². The van der Waals surface area contributed by atoms with Gasteiger partial charge in [-0.15, -0.1) is 0 Å². The lowest BCUT2D eigenvalue weighted by atomic mass is 9.54. The van der Waals surface area contributed by atoms with Gasteiger partial charge in [0.25, 0.3) is 0 Å². The number of hydrogen-bond acceptors (Lipinski definition) is 10. The summed E-state index contributed by atoms with van der Waals surface area (Å²) in [6.45, 7) is 22.9. The second kappa shape index (κ2) is 24.9. The summed E-state index contributed by atoms with van der Waals surface area (Å²) in [5.74, 6) is 5.80. The Morgan fingerprint density at radius 1 is 0.609 bits per heavy atom. The van der Waals surface area contributed by atoms with Gasteiger partial charge in [0.05, 0.1) is 11.8 Å². The van der Waals surface area contributed by atoms with Gasteiger partial charge in [-0.3, -0.25) is 9.69 Å². The molecule has 0 saturated heterocycles. The van der Waals surface area contributed by atoms with Crippen molar-refractivity contribution in [1.29, 1.82) is 0 Å². The zero-order chi connectivity index (χ0) is 61.3. The van der Waals surface area contributed by atoms with Crippen LogP contribution in [0, 0.1) is 42.4 Å². The van der Waals surface area contributed by atoms with Crippen molar-refractivity contribution in [3.05, 3.63) is 225 Å². The number of para-hydroxylation sites is 1. The molecule has 1 aliphatic heterocycles. The van der Waals surface area contributed by atoms with E-state index in [1.807, 2.05) is 80.6 Å². The molecule has 2 saturated carbocycles. The molecule has 87 heavy (non-hydrogen) atoms. The highest BCUT2D eigenvalue weighted by Gasteiger charge is 2.56. The number of hydrogen-bond donors (Lipinski definition) is 0. The Kier molecular flexibility index (Phi) is 17.5. The Bertz CT molecular complexity index is 3570. The molecule has 5 aliphatic rings. The van der Waals surface area contributed by atoms with Crippen LogP contribution in [0.1, 0.15) is 132 Å². The van der Waals surface area contributed by atoms with Crippen LogP contribution in [-0.2, 0) is 40.0 Å². The maximum atomic E-state index is 15.9. The lowest BCUT2D eigenvalue weighted by molar-refractivity contribution is -0.121. The van der Waals surface area contributed by atoms with Crippen LogP contribution in [0.5, 0.6) is 28.7 Å². The van der Waals surface area contributed by atoms with Gasteiger partial charge in [-0.1, -0.05) is 164 Å². The van der Waals surface area contributed by atoms with E-state index in [0.717, 1.165) is 81.8 Å². The Hall–Kier alpha value is -7.57. The lowest BCUT2D eigenvalue weighted by Gasteiger charge is -2.50. The molecule has 2 fully saturated rings. The second-order valence-electron chi connectivity index (χ2n) is 27.0. The SMILES string of the molecule is COCOC1=CC=C(C2(c3ccc(OCN4C(=O)C(c5ccc(OCOC)c(C)c5)(c5ccc(OCOc6ccc(C(C)(C)c7ccc(OCOC8C=CC(C(C)(C)C)=CC8)cc7)cc6)c(C)c5)c5ccccc54)cc3)CC(C)CC(C)(C)C2)[C@H]2CC12. The first kappa shape index (κ1) is 61.1. The summed E-state index contributed by atoms with van der Waals surface area (Å²) < 4.78 is 53.8. The van der Waals surface area contributed by atoms with Crippen molar-refractivity contribution in [3.8, 4) is 28.7 Å². The largest absolute Gasteiger partial charge is 0.473 e. The molecule has 0 bridgehead atoms. The molecular formula is C76H87NO10. The Labute approximate surface area is 515 Å². The normalized spacial score (nSPS) is 23.0. The number of rotatable bonds is 23. The van der Waals surface area contributed by atoms with Crippen molar-refractivity contribution in [2.24, 2.45) is 28.6 Å². The van der Waals surface area contributed by atoms with Gasteiger partial charge in [0.1, 0.15) is 39.9 Å². The first-order chi connectivity index (χ1) is 41.7. The average Bonchev–Trinajstić information content (AvgIpc) is 1.62. The third kappa shape index (κ3) is 12.5. The molecule has 4 aliphatic carbocycles. The molecule has 0 radical (unpaired) electrons. The van der Waals surface area contributed by atoms with E-state index in [4.69, 9.17) is 42.6 Å². The number of aryl methyl sites for hydroxylation is 2. The van der Waals surface area contributed by atoms with E-state index in [1.165, 1.54) is 23.1 Å². The fourth-order valence-electron chi connectivity index (χ4n) is 14.5. The van der Waals surface area contributed by atoms with E-state index in [2.05, 4.69) is 153 Å². The van der Waals surface area contributed by atoms with Crippen LogP contribution in [-0.4, -0.2) is 60.1 Å². The van der Waals surface area contributed by atoms with Gasteiger partial charge in [0.2, 0.25) is 12.7 Å². The topological polar surface area (TPSA) is 103 Å². The number of anilines is 1. The number of methoxy groups -OCH3 is 2. The molecule has 1 amide bonds. The highest BCUT2D eigenvalue weighted by Crippen LogP contribution is 2.63. The first-order valence-electron chi connectivity index (χ1n) is 30.9. The second-order valence-corrected chi connectivity index (χ2v) is 27.0. The molecule has 0 aromatic heterocycles. The van der Waals surface area contributed by atoms with Crippen molar-refractivity contribution >= 4 is 11.6 Å². The molecule has 11 rings (SSSR count). The first-order valence-corrected chi connectivity index (χ1v) is 30.9. The average molecular weight is 1170 g/mol. The van der Waals surface area contributed by atoms with Gasteiger partial charge in [0, 0.05) is 36.5 Å². The number of nitrogens with zero attached hydrogens (tertiary/aromatic N) is 1. The molecule has 6 aromatic carbocycles. The number of ether oxygens (including phenoxy) is 9. The van der Waals surface area contributed by atoms with Crippen LogP contribution in [0.25, 0.3) is 0 Å². The van der Waals surface area contributed by atoms with Crippen molar-refractivity contribution in [1.82, 2.24) is 0 Å². The summed E-state index contributed by atoms with van der Waals surface area (Å²) in [6.07, 6.45) is 16.4. The number of fused-ring (bicyclic) bond motifs is 2. The van der Waals surface area contributed by atoms with Gasteiger partial charge in [-0.05, 0) is 174 Å². The molecule has 11 nitrogen and oxygen atoms in total. The van der Waals surface area contributed by atoms with Crippen molar-refractivity contribution in [3.63, 3.8) is 0 Å². The van der Waals surface area contributed by atoms with Gasteiger partial charge in [-0.25, -0.2) is 0 Å². The van der Waals surface area contributed by atoms with Gasteiger partial charge in [-0.2, -0.15) is 0 Å². The minimum atomic E-state index is -1.25. The molecule has 6 aromatic rings. The quantitative estimate of drug-likeness (QED) is 0.0576. The molecule has 11 heteroatoms. The maximum absolute atomic E-state index is 15.9. The van der Waals surface area contributed by atoms with E-state index in [0.29, 0.717) is 40.8 Å². The maximum Gasteiger partial charge on any atom is 0.249 e. The summed E-state index contributed by atoms with van der Waals surface area (Å²) in [7, 11) is 3.27. The van der Waals surface area contributed by atoms with Crippen molar-refractivity contribution in [2.75, 3.05) is 53.0 Å². The van der Waals surface area contributed by atoms with Crippen LogP contribution < -0.4 is 28.6 Å². The third-order valence-corrected chi connectivity index (χ3v) is 18.8. The van der Waals surface area contributed by atoms with E-state index in [1.54, 1.807) is 19.1 Å². The predicted molar refractivity (Wildman–Crippen MR) is 343 cm³/mol. The summed E-state index contributed by atoms with van der Waals surface area (Å²) >= 11 is 0. The summed E-state index contributed by atoms with van der Waals surface area (Å²) in [5, 5.41) is 0. The van der Waals surface area contributed by atoms with Gasteiger partial charge < -0.3 is 42.6 Å². The van der Waals surface area contributed by atoms with E-state index >= 15 is 4.79 Å².